The topological polar surface area (TPSA) is 56.1 Å². The quantitative estimate of drug-likeness (QED) is 0.549. The highest BCUT2D eigenvalue weighted by atomic mass is 19.1. The zero-order chi connectivity index (χ0) is 18.9. The summed E-state index contributed by atoms with van der Waals surface area (Å²) in [6.45, 7) is 3.07. The summed E-state index contributed by atoms with van der Waals surface area (Å²) in [4.78, 5) is 15.7. The van der Waals surface area contributed by atoms with Crippen molar-refractivity contribution >= 4 is 16.9 Å². The van der Waals surface area contributed by atoms with Gasteiger partial charge in [0.15, 0.2) is 0 Å². The van der Waals surface area contributed by atoms with Crippen LogP contribution in [0.15, 0.2) is 61.1 Å². The number of nitrogens with zero attached hydrogens (tertiary/aromatic N) is 5. The van der Waals surface area contributed by atoms with Gasteiger partial charge in [0.05, 0.1) is 36.1 Å². The van der Waals surface area contributed by atoms with Crippen LogP contribution in [0.1, 0.15) is 0 Å². The summed E-state index contributed by atoms with van der Waals surface area (Å²) in [5, 5.41) is 0. The van der Waals surface area contributed by atoms with Crippen molar-refractivity contribution in [2.75, 3.05) is 31.2 Å². The summed E-state index contributed by atoms with van der Waals surface area (Å²) >= 11 is 0. The molecule has 1 aliphatic rings. The van der Waals surface area contributed by atoms with Crippen LogP contribution in [0.3, 0.4) is 0 Å². The lowest BCUT2D eigenvalue weighted by atomic mass is 10.2. The summed E-state index contributed by atoms with van der Waals surface area (Å²) in [7, 11) is 0. The van der Waals surface area contributed by atoms with E-state index in [1.807, 2.05) is 24.3 Å². The number of aromatic nitrogens is 4. The molecule has 0 amide bonds. The molecule has 0 saturated carbocycles. The second-order valence-corrected chi connectivity index (χ2v) is 6.59. The number of imidazole rings is 1. The number of halogens is 1. The van der Waals surface area contributed by atoms with Gasteiger partial charge in [-0.15, -0.1) is 0 Å². The number of rotatable bonds is 3. The van der Waals surface area contributed by atoms with Crippen LogP contribution < -0.4 is 4.90 Å². The van der Waals surface area contributed by atoms with Gasteiger partial charge in [-0.3, -0.25) is 9.55 Å². The van der Waals surface area contributed by atoms with E-state index in [-0.39, 0.29) is 5.82 Å². The number of hydrogen-bond donors (Lipinski definition) is 0. The van der Waals surface area contributed by atoms with Gasteiger partial charge in [0.1, 0.15) is 17.5 Å². The fraction of sp³-hybridized carbons (Fsp3) is 0.190. The molecule has 140 valence electrons. The van der Waals surface area contributed by atoms with Crippen LogP contribution in [0, 0.1) is 5.82 Å². The molecule has 0 spiro atoms. The molecule has 0 aliphatic carbocycles. The zero-order valence-corrected chi connectivity index (χ0v) is 15.1. The second kappa shape index (κ2) is 7.01. The van der Waals surface area contributed by atoms with E-state index in [4.69, 9.17) is 9.72 Å². The second-order valence-electron chi connectivity index (χ2n) is 6.59. The average Bonchev–Trinajstić information content (AvgIpc) is 3.14. The first-order chi connectivity index (χ1) is 13.8. The molecule has 28 heavy (non-hydrogen) atoms. The number of ether oxygens (including phenoxy) is 1. The molecule has 3 aromatic heterocycles. The van der Waals surface area contributed by atoms with E-state index in [1.165, 1.54) is 6.07 Å². The smallest absolute Gasteiger partial charge is 0.147 e. The predicted octanol–water partition coefficient (Wildman–Crippen LogP) is 3.46. The van der Waals surface area contributed by atoms with Gasteiger partial charge in [-0.1, -0.05) is 12.1 Å². The normalized spacial score (nSPS) is 14.5. The van der Waals surface area contributed by atoms with Gasteiger partial charge in [0, 0.05) is 31.0 Å². The molecule has 0 radical (unpaired) electrons. The van der Waals surface area contributed by atoms with Crippen molar-refractivity contribution in [2.45, 2.75) is 0 Å². The number of hydrogen-bond acceptors (Lipinski definition) is 5. The Balaban J connectivity index is 1.63. The molecule has 1 aliphatic heterocycles. The van der Waals surface area contributed by atoms with Crippen molar-refractivity contribution in [3.8, 4) is 17.1 Å². The third-order valence-electron chi connectivity index (χ3n) is 4.89. The first-order valence-corrected chi connectivity index (χ1v) is 9.18. The molecule has 1 saturated heterocycles. The average molecular weight is 375 g/mol. The fourth-order valence-corrected chi connectivity index (χ4v) is 3.49. The molecule has 0 atom stereocenters. The molecule has 7 heteroatoms. The van der Waals surface area contributed by atoms with Gasteiger partial charge in [0.25, 0.3) is 0 Å². The van der Waals surface area contributed by atoms with E-state index in [0.29, 0.717) is 24.7 Å². The van der Waals surface area contributed by atoms with Gasteiger partial charge in [-0.25, -0.2) is 14.4 Å². The first kappa shape index (κ1) is 16.8. The van der Waals surface area contributed by atoms with E-state index < -0.39 is 0 Å². The SMILES string of the molecule is Fc1ccccc1-n1c(-c2ccc(N3CCOCC3)nc2)nc2ccncc21. The Bertz CT molecular complexity index is 1120. The fourth-order valence-electron chi connectivity index (χ4n) is 3.49. The number of morpholine rings is 1. The van der Waals surface area contributed by atoms with Gasteiger partial charge in [-0.05, 0) is 30.3 Å². The van der Waals surface area contributed by atoms with Crippen LogP contribution in [-0.2, 0) is 4.74 Å². The Kier molecular flexibility index (Phi) is 4.21. The molecule has 4 aromatic rings. The first-order valence-electron chi connectivity index (χ1n) is 9.18. The lowest BCUT2D eigenvalue weighted by Gasteiger charge is -2.27. The monoisotopic (exact) mass is 375 g/mol. The van der Waals surface area contributed by atoms with Gasteiger partial charge >= 0.3 is 0 Å². The van der Waals surface area contributed by atoms with Crippen molar-refractivity contribution in [3.05, 3.63) is 66.9 Å². The maximum absolute atomic E-state index is 14.6. The summed E-state index contributed by atoms with van der Waals surface area (Å²) < 4.78 is 21.8. The van der Waals surface area contributed by atoms with E-state index in [1.54, 1.807) is 35.3 Å². The molecule has 0 N–H and O–H groups in total. The zero-order valence-electron chi connectivity index (χ0n) is 15.1. The third kappa shape index (κ3) is 2.90. The van der Waals surface area contributed by atoms with Crippen molar-refractivity contribution in [1.29, 1.82) is 0 Å². The molecule has 0 unspecified atom stereocenters. The molecular formula is C21H18FN5O. The Labute approximate surface area is 161 Å². The standard InChI is InChI=1S/C21H18FN5O/c22-16-3-1-2-4-18(16)27-19-14-23-8-7-17(19)25-21(27)15-5-6-20(24-13-15)26-9-11-28-12-10-26/h1-8,13-14H,9-12H2. The van der Waals surface area contributed by atoms with Crippen LogP contribution in [0.4, 0.5) is 10.2 Å². The van der Waals surface area contributed by atoms with E-state index >= 15 is 0 Å². The maximum Gasteiger partial charge on any atom is 0.147 e. The number of para-hydroxylation sites is 1. The Morgan fingerprint density at radius 3 is 2.61 bits per heavy atom. The predicted molar refractivity (Wildman–Crippen MR) is 105 cm³/mol. The minimum atomic E-state index is -0.315. The molecular weight excluding hydrogens is 357 g/mol. The highest BCUT2D eigenvalue weighted by Gasteiger charge is 2.18. The lowest BCUT2D eigenvalue weighted by molar-refractivity contribution is 0.122. The molecule has 4 heterocycles. The highest BCUT2D eigenvalue weighted by Crippen LogP contribution is 2.29. The summed E-state index contributed by atoms with van der Waals surface area (Å²) in [5.41, 5.74) is 2.76. The van der Waals surface area contributed by atoms with Crippen molar-refractivity contribution in [3.63, 3.8) is 0 Å². The highest BCUT2D eigenvalue weighted by molar-refractivity contribution is 5.82. The molecule has 5 rings (SSSR count). The van der Waals surface area contributed by atoms with Crippen LogP contribution in [-0.4, -0.2) is 45.8 Å². The van der Waals surface area contributed by atoms with Gasteiger partial charge < -0.3 is 9.64 Å². The Hall–Kier alpha value is -3.32. The number of pyridine rings is 2. The maximum atomic E-state index is 14.6. The Morgan fingerprint density at radius 2 is 1.82 bits per heavy atom. The van der Waals surface area contributed by atoms with Crippen molar-refractivity contribution in [1.82, 2.24) is 19.5 Å². The van der Waals surface area contributed by atoms with Crippen LogP contribution in [0.2, 0.25) is 0 Å². The molecule has 1 fully saturated rings. The molecule has 6 nitrogen and oxygen atoms in total. The van der Waals surface area contributed by atoms with Crippen LogP contribution in [0.25, 0.3) is 28.1 Å². The van der Waals surface area contributed by atoms with Crippen molar-refractivity contribution < 1.29 is 9.13 Å². The summed E-state index contributed by atoms with van der Waals surface area (Å²) in [6, 6.07) is 12.4. The van der Waals surface area contributed by atoms with Crippen LogP contribution in [0.5, 0.6) is 0 Å². The molecule has 0 bridgehead atoms. The lowest BCUT2D eigenvalue weighted by Crippen LogP contribution is -2.36. The van der Waals surface area contributed by atoms with Crippen molar-refractivity contribution in [2.24, 2.45) is 0 Å². The van der Waals surface area contributed by atoms with Crippen LogP contribution >= 0.6 is 0 Å². The number of anilines is 1. The van der Waals surface area contributed by atoms with Gasteiger partial charge in [0.2, 0.25) is 0 Å². The number of benzene rings is 1. The third-order valence-corrected chi connectivity index (χ3v) is 4.89. The molecule has 1 aromatic carbocycles. The number of fused-ring (bicyclic) bond motifs is 1. The van der Waals surface area contributed by atoms with E-state index in [9.17, 15) is 4.39 Å². The van der Waals surface area contributed by atoms with Gasteiger partial charge in [-0.2, -0.15) is 0 Å². The van der Waals surface area contributed by atoms with E-state index in [2.05, 4.69) is 14.9 Å². The summed E-state index contributed by atoms with van der Waals surface area (Å²) in [5.74, 6) is 1.22. The minimum Gasteiger partial charge on any atom is -0.378 e. The largest absolute Gasteiger partial charge is 0.378 e. The summed E-state index contributed by atoms with van der Waals surface area (Å²) in [6.07, 6.45) is 5.18. The minimum absolute atomic E-state index is 0.315. The van der Waals surface area contributed by atoms with E-state index in [0.717, 1.165) is 35.5 Å². The Morgan fingerprint density at radius 1 is 0.964 bits per heavy atom.